The van der Waals surface area contributed by atoms with Crippen molar-refractivity contribution in [2.75, 3.05) is 6.54 Å². The topological polar surface area (TPSA) is 50.4 Å². The maximum atomic E-state index is 12.2. The minimum absolute atomic E-state index is 0.172. The maximum Gasteiger partial charge on any atom is 0.220 e. The first kappa shape index (κ1) is 31.5. The highest BCUT2D eigenvalue weighted by Crippen LogP contribution is 2.35. The van der Waals surface area contributed by atoms with E-state index in [0.717, 1.165) is 31.6 Å². The molecular weight excluding hydrogens is 456 g/mol. The number of carbonyl (C=O) groups excluding carboxylic acids is 1. The molecular formula is C33H58N2O2. The summed E-state index contributed by atoms with van der Waals surface area (Å²) in [5, 5.41) is 6.55. The zero-order valence-electron chi connectivity index (χ0n) is 24.6. The average Bonchev–Trinajstić information content (AvgIpc) is 3.29. The van der Waals surface area contributed by atoms with Gasteiger partial charge in [0.15, 0.2) is 0 Å². The van der Waals surface area contributed by atoms with E-state index in [1.165, 1.54) is 114 Å². The van der Waals surface area contributed by atoms with Crippen molar-refractivity contribution in [2.24, 2.45) is 5.92 Å². The summed E-state index contributed by atoms with van der Waals surface area (Å²) in [6, 6.07) is 0. The summed E-state index contributed by atoms with van der Waals surface area (Å²) in [6.45, 7) is 7.13. The minimum atomic E-state index is 0.172. The number of nitrogens with one attached hydrogen (secondary N) is 2. The van der Waals surface area contributed by atoms with Crippen LogP contribution in [0.1, 0.15) is 149 Å². The molecule has 4 nitrogen and oxygen atoms in total. The lowest BCUT2D eigenvalue weighted by atomic mass is 9.89. The predicted molar refractivity (Wildman–Crippen MR) is 158 cm³/mol. The van der Waals surface area contributed by atoms with E-state index in [9.17, 15) is 4.79 Å². The van der Waals surface area contributed by atoms with Crippen LogP contribution in [-0.4, -0.2) is 18.6 Å². The molecule has 1 aliphatic heterocycles. The molecule has 1 heterocycles. The summed E-state index contributed by atoms with van der Waals surface area (Å²) in [6.07, 6.45) is 32.4. The van der Waals surface area contributed by atoms with E-state index in [0.29, 0.717) is 12.3 Å². The first-order chi connectivity index (χ1) is 18.1. The summed E-state index contributed by atoms with van der Waals surface area (Å²) in [4.78, 5) is 12.2. The fourth-order valence-corrected chi connectivity index (χ4v) is 5.52. The van der Waals surface area contributed by atoms with Gasteiger partial charge in [0.2, 0.25) is 5.91 Å². The maximum absolute atomic E-state index is 12.2. The predicted octanol–water partition coefficient (Wildman–Crippen LogP) is 9.23. The van der Waals surface area contributed by atoms with Gasteiger partial charge in [0, 0.05) is 25.1 Å². The van der Waals surface area contributed by atoms with Crippen LogP contribution < -0.4 is 10.6 Å². The third kappa shape index (κ3) is 14.1. The number of allylic oxidation sites excluding steroid dienone is 3. The van der Waals surface area contributed by atoms with Crippen LogP contribution in [0, 0.1) is 5.92 Å². The Morgan fingerprint density at radius 2 is 1.43 bits per heavy atom. The Kier molecular flexibility index (Phi) is 17.3. The van der Waals surface area contributed by atoms with Gasteiger partial charge in [0.25, 0.3) is 0 Å². The van der Waals surface area contributed by atoms with Crippen LogP contribution >= 0.6 is 0 Å². The number of hydrogen-bond acceptors (Lipinski definition) is 3. The molecule has 1 aliphatic carbocycles. The third-order valence-electron chi connectivity index (χ3n) is 7.72. The Bertz CT molecular complexity index is 707. The van der Waals surface area contributed by atoms with Crippen molar-refractivity contribution in [2.45, 2.75) is 155 Å². The second-order valence-corrected chi connectivity index (χ2v) is 11.5. The fourth-order valence-electron chi connectivity index (χ4n) is 5.52. The Labute approximate surface area is 229 Å². The lowest BCUT2D eigenvalue weighted by Crippen LogP contribution is -2.25. The van der Waals surface area contributed by atoms with Gasteiger partial charge in [-0.3, -0.25) is 4.79 Å². The Hall–Kier alpha value is -1.71. The monoisotopic (exact) mass is 514 g/mol. The first-order valence-corrected chi connectivity index (χ1v) is 15.9. The summed E-state index contributed by atoms with van der Waals surface area (Å²) in [5.41, 5.74) is 2.54. The molecule has 4 heteroatoms. The Morgan fingerprint density at radius 1 is 0.892 bits per heavy atom. The van der Waals surface area contributed by atoms with Gasteiger partial charge >= 0.3 is 0 Å². The van der Waals surface area contributed by atoms with E-state index in [2.05, 4.69) is 49.8 Å². The lowest BCUT2D eigenvalue weighted by Gasteiger charge is -2.22. The average molecular weight is 515 g/mol. The van der Waals surface area contributed by atoms with Crippen molar-refractivity contribution < 1.29 is 9.53 Å². The molecule has 0 aromatic carbocycles. The highest BCUT2D eigenvalue weighted by molar-refractivity contribution is 5.75. The van der Waals surface area contributed by atoms with Gasteiger partial charge < -0.3 is 15.4 Å². The van der Waals surface area contributed by atoms with Gasteiger partial charge in [-0.15, -0.1) is 0 Å². The number of rotatable bonds is 23. The van der Waals surface area contributed by atoms with Gasteiger partial charge in [-0.1, -0.05) is 116 Å². The van der Waals surface area contributed by atoms with E-state index in [1.54, 1.807) is 0 Å². The number of unbranched alkanes of at least 4 members (excludes halogenated alkanes) is 16. The zero-order valence-corrected chi connectivity index (χ0v) is 24.6. The van der Waals surface area contributed by atoms with Crippen molar-refractivity contribution in [3.63, 3.8) is 0 Å². The fraction of sp³-hybridized carbons (Fsp3) is 0.788. The molecule has 0 aromatic heterocycles. The molecule has 0 aromatic rings. The molecule has 0 spiro atoms. The second-order valence-electron chi connectivity index (χ2n) is 11.5. The van der Waals surface area contributed by atoms with Crippen molar-refractivity contribution in [3.8, 4) is 0 Å². The van der Waals surface area contributed by atoms with Gasteiger partial charge in [-0.05, 0) is 44.8 Å². The molecule has 1 amide bonds. The molecule has 2 rings (SSSR count). The molecule has 1 atom stereocenters. The second kappa shape index (κ2) is 20.3. The Morgan fingerprint density at radius 3 is 1.97 bits per heavy atom. The summed E-state index contributed by atoms with van der Waals surface area (Å²) in [7, 11) is 0. The quantitative estimate of drug-likeness (QED) is 0.134. The summed E-state index contributed by atoms with van der Waals surface area (Å²) in [5.74, 6) is 1.54. The van der Waals surface area contributed by atoms with E-state index in [-0.39, 0.29) is 12.0 Å². The normalized spacial score (nSPS) is 16.6. The molecule has 0 radical (unpaired) electrons. The molecule has 0 bridgehead atoms. The van der Waals surface area contributed by atoms with E-state index in [1.807, 2.05) is 0 Å². The lowest BCUT2D eigenvalue weighted by molar-refractivity contribution is -0.121. The minimum Gasteiger partial charge on any atom is -0.489 e. The molecule has 212 valence electrons. The molecule has 0 fully saturated rings. The summed E-state index contributed by atoms with van der Waals surface area (Å²) >= 11 is 0. The summed E-state index contributed by atoms with van der Waals surface area (Å²) < 4.78 is 5.95. The number of hydrogen-bond donors (Lipinski definition) is 2. The highest BCUT2D eigenvalue weighted by atomic mass is 16.5. The van der Waals surface area contributed by atoms with E-state index in [4.69, 9.17) is 4.74 Å². The van der Waals surface area contributed by atoms with Crippen LogP contribution in [0.4, 0.5) is 0 Å². The van der Waals surface area contributed by atoms with Gasteiger partial charge in [-0.2, -0.15) is 0 Å². The number of amides is 1. The highest BCUT2D eigenvalue weighted by Gasteiger charge is 2.28. The smallest absolute Gasteiger partial charge is 0.220 e. The number of fused-ring (bicyclic) bond motifs is 1. The van der Waals surface area contributed by atoms with Crippen molar-refractivity contribution >= 4 is 5.91 Å². The molecule has 2 aliphatic rings. The first-order valence-electron chi connectivity index (χ1n) is 15.9. The third-order valence-corrected chi connectivity index (χ3v) is 7.72. The van der Waals surface area contributed by atoms with Crippen LogP contribution in [-0.2, 0) is 9.53 Å². The van der Waals surface area contributed by atoms with Gasteiger partial charge in [-0.25, -0.2) is 0 Å². The van der Waals surface area contributed by atoms with Gasteiger partial charge in [0.05, 0.1) is 11.8 Å². The van der Waals surface area contributed by atoms with E-state index < -0.39 is 0 Å². The molecule has 0 saturated carbocycles. The molecule has 0 saturated heterocycles. The molecule has 37 heavy (non-hydrogen) atoms. The molecule has 1 unspecified atom stereocenters. The van der Waals surface area contributed by atoms with Gasteiger partial charge in [0.1, 0.15) is 5.76 Å². The van der Waals surface area contributed by atoms with Crippen LogP contribution in [0.5, 0.6) is 0 Å². The van der Waals surface area contributed by atoms with Crippen molar-refractivity contribution in [1.29, 1.82) is 0 Å². The Balaban J connectivity index is 1.36. The standard InChI is InChI=1S/C33H58N2O2/c1-4-5-6-7-8-9-10-11-12-13-14-15-16-17-18-19-20-24-32(36)34-26-25-29-27-35-33-30(29)22-21-23-31(33)37-28(2)3/h21,23,27-28,30,35H,4-20,22,24-26H2,1-3H3,(H,34,36). The SMILES string of the molecule is CCCCCCCCCCCCCCCCCCCC(=O)NCCC1=CNC2=C(OC(C)C)C=CCC12. The van der Waals surface area contributed by atoms with Crippen LogP contribution in [0.15, 0.2) is 35.4 Å². The van der Waals surface area contributed by atoms with Crippen molar-refractivity contribution in [3.05, 3.63) is 35.4 Å². The van der Waals surface area contributed by atoms with Crippen LogP contribution in [0.3, 0.4) is 0 Å². The zero-order chi connectivity index (χ0) is 26.6. The largest absolute Gasteiger partial charge is 0.489 e. The van der Waals surface area contributed by atoms with Crippen LogP contribution in [0.25, 0.3) is 0 Å². The molecule has 2 N–H and O–H groups in total. The van der Waals surface area contributed by atoms with E-state index >= 15 is 0 Å². The van der Waals surface area contributed by atoms with Crippen LogP contribution in [0.2, 0.25) is 0 Å². The number of carbonyl (C=O) groups is 1. The van der Waals surface area contributed by atoms with Crippen molar-refractivity contribution in [1.82, 2.24) is 10.6 Å². The number of ether oxygens (including phenoxy) is 1.